The topological polar surface area (TPSA) is 115 Å². The minimum absolute atomic E-state index is 0.0822. The Bertz CT molecular complexity index is 788. The van der Waals surface area contributed by atoms with Crippen LogP contribution in [0.25, 0.3) is 0 Å². The first-order valence-corrected chi connectivity index (χ1v) is 11.7. The first-order valence-electron chi connectivity index (χ1n) is 8.65. The van der Waals surface area contributed by atoms with E-state index in [0.29, 0.717) is 5.56 Å². The summed E-state index contributed by atoms with van der Waals surface area (Å²) in [5.41, 5.74) is 9.05. The molecule has 8 heteroatoms. The van der Waals surface area contributed by atoms with E-state index >= 15 is 0 Å². The second kappa shape index (κ2) is 8.82. The normalized spacial score (nSPS) is 12.5. The molecule has 0 unspecified atom stereocenters. The number of nitrogens with one attached hydrogen (secondary N) is 1. The van der Waals surface area contributed by atoms with Crippen LogP contribution in [0.1, 0.15) is 32.8 Å². The summed E-state index contributed by atoms with van der Waals surface area (Å²) in [4.78, 5) is 34.1. The molecule has 7 nitrogen and oxygen atoms in total. The molecule has 0 heterocycles. The molecule has 0 spiro atoms. The maximum Gasteiger partial charge on any atom is 0.269 e. The summed E-state index contributed by atoms with van der Waals surface area (Å²) in [6, 6.07) is 4.91. The number of benzene rings is 1. The van der Waals surface area contributed by atoms with Crippen molar-refractivity contribution in [3.8, 4) is 11.5 Å². The zero-order valence-corrected chi connectivity index (χ0v) is 17.5. The van der Waals surface area contributed by atoms with Gasteiger partial charge in [-0.05, 0) is 10.6 Å². The van der Waals surface area contributed by atoms with Crippen molar-refractivity contribution in [1.82, 2.24) is 5.32 Å². The minimum Gasteiger partial charge on any atom is -0.368 e. The zero-order valence-electron chi connectivity index (χ0n) is 16.5. The number of carbonyl (C=O) groups excluding carboxylic acids is 2. The lowest BCUT2D eigenvalue weighted by molar-refractivity contribution is -0.384. The number of hydrogen-bond donors (Lipinski definition) is 2. The standard InChI is InChI=1S/C19H27N3O4Si/c1-19(2,3)27(4,5)11-7-10-16(18(20)24)21-17(23)13-14-8-6-9-15(12-14)22(25)26/h6,8-9,12,16H,10,13H2,1-5H3,(H2,20,24)(H,21,23)/t16-/m1/s1. The van der Waals surface area contributed by atoms with Crippen LogP contribution in [-0.2, 0) is 16.0 Å². The fraction of sp³-hybridized carbons (Fsp3) is 0.474. The van der Waals surface area contributed by atoms with E-state index in [-0.39, 0.29) is 23.6 Å². The van der Waals surface area contributed by atoms with Crippen LogP contribution < -0.4 is 11.1 Å². The van der Waals surface area contributed by atoms with Crippen molar-refractivity contribution in [2.45, 2.75) is 57.8 Å². The maximum absolute atomic E-state index is 12.2. The second-order valence-corrected chi connectivity index (χ2v) is 13.0. The van der Waals surface area contributed by atoms with Crippen LogP contribution in [0.4, 0.5) is 5.69 Å². The number of nitro groups is 1. The molecule has 1 aromatic rings. The number of nitrogens with two attached hydrogens (primary N) is 1. The minimum atomic E-state index is -1.81. The van der Waals surface area contributed by atoms with E-state index in [1.54, 1.807) is 6.07 Å². The van der Waals surface area contributed by atoms with Gasteiger partial charge in [0.2, 0.25) is 11.8 Å². The zero-order chi connectivity index (χ0) is 20.8. The predicted octanol–water partition coefficient (Wildman–Crippen LogP) is 2.55. The lowest BCUT2D eigenvalue weighted by Crippen LogP contribution is -2.45. The lowest BCUT2D eigenvalue weighted by Gasteiger charge is -2.31. The Morgan fingerprint density at radius 1 is 1.33 bits per heavy atom. The Labute approximate surface area is 160 Å². The van der Waals surface area contributed by atoms with Crippen molar-refractivity contribution in [2.24, 2.45) is 5.73 Å². The summed E-state index contributed by atoms with van der Waals surface area (Å²) in [6.07, 6.45) is 0.0592. The molecule has 0 bridgehead atoms. The van der Waals surface area contributed by atoms with Crippen molar-refractivity contribution in [3.05, 3.63) is 39.9 Å². The van der Waals surface area contributed by atoms with Crippen molar-refractivity contribution in [3.63, 3.8) is 0 Å². The van der Waals surface area contributed by atoms with Crippen molar-refractivity contribution in [2.75, 3.05) is 0 Å². The Balaban J connectivity index is 2.78. The molecule has 0 aromatic heterocycles. The average molecular weight is 390 g/mol. The number of nitrogens with zero attached hydrogens (tertiary/aromatic N) is 1. The van der Waals surface area contributed by atoms with E-state index in [0.717, 1.165) is 0 Å². The van der Waals surface area contributed by atoms with Crippen LogP contribution >= 0.6 is 0 Å². The summed E-state index contributed by atoms with van der Waals surface area (Å²) in [6.45, 7) is 10.7. The van der Waals surface area contributed by atoms with E-state index in [2.05, 4.69) is 50.6 Å². The van der Waals surface area contributed by atoms with Gasteiger partial charge in [0, 0.05) is 18.6 Å². The predicted molar refractivity (Wildman–Crippen MR) is 108 cm³/mol. The van der Waals surface area contributed by atoms with Crippen LogP contribution in [0.15, 0.2) is 24.3 Å². The van der Waals surface area contributed by atoms with Crippen LogP contribution in [0.2, 0.25) is 18.1 Å². The van der Waals surface area contributed by atoms with Crippen molar-refractivity contribution < 1.29 is 14.5 Å². The van der Waals surface area contributed by atoms with E-state index in [1.165, 1.54) is 18.2 Å². The Kier molecular flexibility index (Phi) is 7.31. The molecule has 0 radical (unpaired) electrons. The third kappa shape index (κ3) is 6.87. The maximum atomic E-state index is 12.2. The molecule has 0 aliphatic heterocycles. The van der Waals surface area contributed by atoms with Gasteiger partial charge in [-0.3, -0.25) is 19.7 Å². The lowest BCUT2D eigenvalue weighted by atomic mass is 10.1. The highest BCUT2D eigenvalue weighted by Crippen LogP contribution is 2.35. The fourth-order valence-corrected chi connectivity index (χ4v) is 2.91. The highest BCUT2D eigenvalue weighted by Gasteiger charge is 2.33. The summed E-state index contributed by atoms with van der Waals surface area (Å²) in [5.74, 6) is 1.92. The average Bonchev–Trinajstić information content (AvgIpc) is 2.52. The summed E-state index contributed by atoms with van der Waals surface area (Å²) < 4.78 is 0. The quantitative estimate of drug-likeness (QED) is 0.337. The third-order valence-electron chi connectivity index (χ3n) is 4.75. The van der Waals surface area contributed by atoms with Crippen LogP contribution in [0, 0.1) is 21.6 Å². The van der Waals surface area contributed by atoms with Gasteiger partial charge in [-0.15, -0.1) is 11.5 Å². The summed E-state index contributed by atoms with van der Waals surface area (Å²) in [5, 5.41) is 13.5. The third-order valence-corrected chi connectivity index (χ3v) is 9.30. The molecule has 1 rings (SSSR count). The molecule has 0 aliphatic rings. The molecule has 3 N–H and O–H groups in total. The number of nitro benzene ring substituents is 1. The molecule has 27 heavy (non-hydrogen) atoms. The largest absolute Gasteiger partial charge is 0.368 e. The van der Waals surface area contributed by atoms with Crippen LogP contribution in [0.3, 0.4) is 0 Å². The van der Waals surface area contributed by atoms with E-state index in [4.69, 9.17) is 5.73 Å². The fourth-order valence-electron chi connectivity index (χ4n) is 2.00. The van der Waals surface area contributed by atoms with E-state index < -0.39 is 30.9 Å². The van der Waals surface area contributed by atoms with Crippen molar-refractivity contribution >= 4 is 25.6 Å². The van der Waals surface area contributed by atoms with Crippen molar-refractivity contribution in [1.29, 1.82) is 0 Å². The Morgan fingerprint density at radius 2 is 1.96 bits per heavy atom. The molecular formula is C19H27N3O4Si. The SMILES string of the molecule is CC(C)(C)[Si](C)(C)C#CC[C@@H](NC(=O)Cc1cccc([N+](=O)[O-])c1)C(N)=O. The van der Waals surface area contributed by atoms with Gasteiger partial charge in [-0.1, -0.05) is 46.0 Å². The van der Waals surface area contributed by atoms with E-state index in [9.17, 15) is 19.7 Å². The first kappa shape index (κ1) is 22.4. The number of carbonyl (C=O) groups is 2. The second-order valence-electron chi connectivity index (χ2n) is 8.01. The van der Waals surface area contributed by atoms with Gasteiger partial charge in [0.25, 0.3) is 5.69 Å². The number of non-ortho nitro benzene ring substituents is 1. The van der Waals surface area contributed by atoms with Crippen LogP contribution in [-0.4, -0.2) is 30.9 Å². The number of rotatable bonds is 6. The molecule has 0 saturated carbocycles. The molecule has 1 aromatic carbocycles. The molecule has 1 atom stereocenters. The van der Waals surface area contributed by atoms with Gasteiger partial charge in [0.05, 0.1) is 11.3 Å². The molecule has 0 aliphatic carbocycles. The van der Waals surface area contributed by atoms with Gasteiger partial charge < -0.3 is 11.1 Å². The molecule has 0 fully saturated rings. The molecule has 2 amide bonds. The summed E-state index contributed by atoms with van der Waals surface area (Å²) >= 11 is 0. The Morgan fingerprint density at radius 3 is 2.48 bits per heavy atom. The molecular weight excluding hydrogens is 362 g/mol. The summed E-state index contributed by atoms with van der Waals surface area (Å²) in [7, 11) is -1.81. The molecule has 146 valence electrons. The van der Waals surface area contributed by atoms with Crippen LogP contribution in [0.5, 0.6) is 0 Å². The first-order chi connectivity index (χ1) is 12.3. The number of hydrogen-bond acceptors (Lipinski definition) is 4. The van der Waals surface area contributed by atoms with E-state index in [1.807, 2.05) is 0 Å². The number of amides is 2. The monoisotopic (exact) mass is 389 g/mol. The van der Waals surface area contributed by atoms with Gasteiger partial charge in [-0.2, -0.15) is 0 Å². The highest BCUT2D eigenvalue weighted by molar-refractivity contribution is 6.87. The number of primary amides is 1. The molecule has 0 saturated heterocycles. The van der Waals surface area contributed by atoms with Gasteiger partial charge in [0.1, 0.15) is 14.1 Å². The van der Waals surface area contributed by atoms with Gasteiger partial charge in [-0.25, -0.2) is 0 Å². The smallest absolute Gasteiger partial charge is 0.269 e. The highest BCUT2D eigenvalue weighted by atomic mass is 28.3. The Hall–Kier alpha value is -2.66. The van der Waals surface area contributed by atoms with Gasteiger partial charge >= 0.3 is 0 Å². The van der Waals surface area contributed by atoms with Gasteiger partial charge in [0.15, 0.2) is 0 Å².